The Hall–Kier alpha value is -2.42. The van der Waals surface area contributed by atoms with E-state index in [-0.39, 0.29) is 22.5 Å². The number of carboxylic acid groups (broad SMARTS) is 1. The number of Topliss-reactive ketones (excluding diaryl/α,β-unsaturated/α-hetero) is 1. The molecular weight excluding hydrogens is 540 g/mol. The Kier molecular flexibility index (Phi) is 7.13. The van der Waals surface area contributed by atoms with Crippen molar-refractivity contribution < 1.29 is 32.4 Å². The molecule has 3 atom stereocenters. The summed E-state index contributed by atoms with van der Waals surface area (Å²) in [6.07, 6.45) is 7.07. The number of hydrogen-bond acceptors (Lipinski definition) is 5. The Morgan fingerprint density at radius 3 is 2.49 bits per heavy atom. The first-order chi connectivity index (χ1) is 18.3. The number of halogens is 1. The molecule has 39 heavy (non-hydrogen) atoms. The summed E-state index contributed by atoms with van der Waals surface area (Å²) in [5, 5.41) is 9.99. The highest BCUT2D eigenvalue weighted by molar-refractivity contribution is 7.85. The Morgan fingerprint density at radius 1 is 1.08 bits per heavy atom. The molecule has 1 heterocycles. The molecule has 3 aliphatic carbocycles. The molecule has 1 unspecified atom stereocenters. The summed E-state index contributed by atoms with van der Waals surface area (Å²) in [6.45, 7) is 4.53. The second-order valence-corrected chi connectivity index (χ2v) is 14.1. The SMILES string of the molecule is CC1(C)[C@@H]2CCC1(CS(=O)(=O)O)C(=O)C2.O=C(O)c1ccc2c(c1)CC[C@@]1(CCCc3cc(Cl)ccc31)CO2. The Balaban J connectivity index is 0.000000177. The summed E-state index contributed by atoms with van der Waals surface area (Å²) in [5.74, 6) is -0.178. The first-order valence-electron chi connectivity index (χ1n) is 13.5. The van der Waals surface area contributed by atoms with Crippen molar-refractivity contribution in [1.29, 1.82) is 0 Å². The van der Waals surface area contributed by atoms with Crippen LogP contribution in [0.2, 0.25) is 5.02 Å². The number of carbonyl (C=O) groups excluding carboxylic acids is 1. The van der Waals surface area contributed by atoms with Gasteiger partial charge >= 0.3 is 5.97 Å². The van der Waals surface area contributed by atoms with Crippen molar-refractivity contribution in [3.8, 4) is 5.75 Å². The Morgan fingerprint density at radius 2 is 1.85 bits per heavy atom. The number of fused-ring (bicyclic) bond motifs is 5. The molecule has 1 aliphatic heterocycles. The number of hydrogen-bond donors (Lipinski definition) is 2. The van der Waals surface area contributed by atoms with Crippen molar-refractivity contribution >= 4 is 33.5 Å². The predicted octanol–water partition coefficient (Wildman–Crippen LogP) is 5.91. The van der Waals surface area contributed by atoms with Gasteiger partial charge in [0.25, 0.3) is 10.1 Å². The standard InChI is InChI=1S/C20H19ClO3.C10H16O4S/c21-16-4-5-17-13(11-16)2-1-8-20(17)9-7-14-10-15(19(22)23)3-6-18(14)24-12-20;1-9(2)7-3-4-10(9,8(11)5-7)6-15(12,13)14/h3-6,10-11H,1-2,7-9,12H2,(H,22,23);7H,3-6H2,1-2H3,(H,12,13,14)/t20-;7-,10?/m01/s1. The van der Waals surface area contributed by atoms with E-state index in [2.05, 4.69) is 12.1 Å². The fraction of sp³-hybridized carbons (Fsp3) is 0.533. The topological polar surface area (TPSA) is 118 Å². The normalized spacial score (nSPS) is 28.5. The first kappa shape index (κ1) is 28.1. The fourth-order valence-corrected chi connectivity index (χ4v) is 9.07. The largest absolute Gasteiger partial charge is 0.492 e. The van der Waals surface area contributed by atoms with Crippen molar-refractivity contribution in [3.05, 3.63) is 63.7 Å². The lowest BCUT2D eigenvalue weighted by atomic mass is 9.68. The van der Waals surface area contributed by atoms with Crippen LogP contribution in [0, 0.1) is 16.7 Å². The zero-order chi connectivity index (χ0) is 28.2. The van der Waals surface area contributed by atoms with Gasteiger partial charge < -0.3 is 9.84 Å². The quantitative estimate of drug-likeness (QED) is 0.438. The Labute approximate surface area is 234 Å². The zero-order valence-electron chi connectivity index (χ0n) is 22.3. The minimum atomic E-state index is -4.08. The van der Waals surface area contributed by atoms with E-state index in [9.17, 15) is 23.1 Å². The van der Waals surface area contributed by atoms with Crippen LogP contribution in [0.4, 0.5) is 0 Å². The molecule has 2 fully saturated rings. The molecule has 2 aromatic carbocycles. The van der Waals surface area contributed by atoms with Crippen molar-refractivity contribution in [2.45, 2.75) is 70.6 Å². The summed E-state index contributed by atoms with van der Waals surface area (Å²) in [5.41, 5.74) is 2.88. The van der Waals surface area contributed by atoms with Crippen LogP contribution in [0.5, 0.6) is 5.75 Å². The van der Waals surface area contributed by atoms with E-state index in [1.54, 1.807) is 18.2 Å². The molecule has 9 heteroatoms. The van der Waals surface area contributed by atoms with Crippen molar-refractivity contribution in [2.24, 2.45) is 16.7 Å². The third-order valence-electron chi connectivity index (χ3n) is 9.99. The van der Waals surface area contributed by atoms with Gasteiger partial charge in [-0.2, -0.15) is 8.42 Å². The highest BCUT2D eigenvalue weighted by atomic mass is 35.5. The number of carboxylic acids is 1. The van der Waals surface area contributed by atoms with Crippen LogP contribution < -0.4 is 4.74 Å². The van der Waals surface area contributed by atoms with Crippen LogP contribution in [-0.4, -0.2) is 42.2 Å². The second kappa shape index (κ2) is 9.89. The lowest BCUT2D eigenvalue weighted by molar-refractivity contribution is -0.128. The highest BCUT2D eigenvalue weighted by Gasteiger charge is 2.65. The van der Waals surface area contributed by atoms with E-state index in [1.165, 1.54) is 11.1 Å². The van der Waals surface area contributed by atoms with Gasteiger partial charge in [0, 0.05) is 16.9 Å². The number of aromatic carboxylic acids is 1. The van der Waals surface area contributed by atoms with Gasteiger partial charge in [-0.3, -0.25) is 9.35 Å². The van der Waals surface area contributed by atoms with Gasteiger partial charge in [-0.05, 0) is 103 Å². The van der Waals surface area contributed by atoms with E-state index in [0.29, 0.717) is 25.0 Å². The number of benzene rings is 2. The molecule has 4 aliphatic rings. The molecular formula is C30H35ClO7S. The monoisotopic (exact) mass is 574 g/mol. The third-order valence-corrected chi connectivity index (χ3v) is 11.1. The second-order valence-electron chi connectivity index (χ2n) is 12.2. The van der Waals surface area contributed by atoms with Gasteiger partial charge in [0.1, 0.15) is 11.5 Å². The summed E-state index contributed by atoms with van der Waals surface area (Å²) in [7, 11) is -4.08. The van der Waals surface area contributed by atoms with Gasteiger partial charge in [0.05, 0.1) is 23.3 Å². The molecule has 0 saturated heterocycles. The van der Waals surface area contributed by atoms with E-state index in [1.807, 2.05) is 19.9 Å². The van der Waals surface area contributed by atoms with Crippen molar-refractivity contribution in [2.75, 3.05) is 12.4 Å². The van der Waals surface area contributed by atoms with E-state index < -0.39 is 27.3 Å². The zero-order valence-corrected chi connectivity index (χ0v) is 23.9. The number of rotatable bonds is 3. The number of ether oxygens (including phenoxy) is 1. The average molecular weight is 575 g/mol. The van der Waals surface area contributed by atoms with E-state index in [4.69, 9.17) is 20.9 Å². The van der Waals surface area contributed by atoms with Crippen LogP contribution >= 0.6 is 11.6 Å². The van der Waals surface area contributed by atoms with Gasteiger partial charge in [-0.1, -0.05) is 31.5 Å². The molecule has 2 N–H and O–H groups in total. The Bertz CT molecular complexity index is 1430. The maximum atomic E-state index is 11.9. The van der Waals surface area contributed by atoms with Gasteiger partial charge in [0.2, 0.25) is 0 Å². The van der Waals surface area contributed by atoms with Gasteiger partial charge in [-0.25, -0.2) is 4.79 Å². The molecule has 2 saturated carbocycles. The van der Waals surface area contributed by atoms with Crippen molar-refractivity contribution in [1.82, 2.24) is 0 Å². The molecule has 0 radical (unpaired) electrons. The lowest BCUT2D eigenvalue weighted by Gasteiger charge is -2.38. The van der Waals surface area contributed by atoms with Crippen LogP contribution in [0.1, 0.15) is 79.4 Å². The highest BCUT2D eigenvalue weighted by Crippen LogP contribution is 2.64. The minimum Gasteiger partial charge on any atom is -0.492 e. The van der Waals surface area contributed by atoms with Crippen LogP contribution in [0.25, 0.3) is 0 Å². The molecule has 2 aromatic rings. The maximum Gasteiger partial charge on any atom is 0.335 e. The lowest BCUT2D eigenvalue weighted by Crippen LogP contribution is -2.42. The molecule has 210 valence electrons. The maximum absolute atomic E-state index is 11.9. The van der Waals surface area contributed by atoms with Gasteiger partial charge in [0.15, 0.2) is 0 Å². The van der Waals surface area contributed by atoms with Crippen LogP contribution in [0.15, 0.2) is 36.4 Å². The number of ketones is 1. The third kappa shape index (κ3) is 5.00. The first-order valence-corrected chi connectivity index (χ1v) is 15.5. The van der Waals surface area contributed by atoms with Crippen LogP contribution in [0.3, 0.4) is 0 Å². The van der Waals surface area contributed by atoms with Crippen LogP contribution in [-0.2, 0) is 33.2 Å². The summed E-state index contributed by atoms with van der Waals surface area (Å²) >= 11 is 6.17. The molecule has 0 amide bonds. The summed E-state index contributed by atoms with van der Waals surface area (Å²) < 4.78 is 37.1. The molecule has 0 aromatic heterocycles. The fourth-order valence-electron chi connectivity index (χ4n) is 7.58. The minimum absolute atomic E-state index is 0.000575. The summed E-state index contributed by atoms with van der Waals surface area (Å²) in [6, 6.07) is 11.4. The van der Waals surface area contributed by atoms with Gasteiger partial charge in [-0.15, -0.1) is 0 Å². The van der Waals surface area contributed by atoms with E-state index in [0.717, 1.165) is 54.9 Å². The molecule has 2 bridgehead atoms. The summed E-state index contributed by atoms with van der Waals surface area (Å²) in [4.78, 5) is 23.1. The molecule has 1 spiro atoms. The number of aryl methyl sites for hydroxylation is 2. The average Bonchev–Trinajstić information content (AvgIpc) is 3.10. The van der Waals surface area contributed by atoms with Crippen molar-refractivity contribution in [3.63, 3.8) is 0 Å². The predicted molar refractivity (Wildman–Crippen MR) is 148 cm³/mol. The smallest absolute Gasteiger partial charge is 0.335 e. The van der Waals surface area contributed by atoms with E-state index >= 15 is 0 Å². The number of carbonyl (C=O) groups is 2. The molecule has 6 rings (SSSR count). The molecule has 7 nitrogen and oxygen atoms in total.